The van der Waals surface area contributed by atoms with Crippen LogP contribution in [0.15, 0.2) is 24.5 Å². The highest BCUT2D eigenvalue weighted by molar-refractivity contribution is 6.33. The normalized spacial score (nSPS) is 10.9. The largest absolute Gasteiger partial charge is 0.470 e. The first-order chi connectivity index (χ1) is 10.3. The lowest BCUT2D eigenvalue weighted by atomic mass is 10.2. The van der Waals surface area contributed by atoms with Gasteiger partial charge in [-0.15, -0.1) is 0 Å². The monoisotopic (exact) mass is 320 g/mol. The van der Waals surface area contributed by atoms with Crippen LogP contribution in [0.3, 0.4) is 0 Å². The Morgan fingerprint density at radius 3 is 2.64 bits per heavy atom. The number of ether oxygens (including phenoxy) is 1. The molecule has 0 aliphatic heterocycles. The smallest absolute Gasteiger partial charge is 0.256 e. The summed E-state index contributed by atoms with van der Waals surface area (Å²) in [6.45, 7) is 12.3. The molecule has 0 spiro atoms. The van der Waals surface area contributed by atoms with Crippen LogP contribution in [-0.2, 0) is 0 Å². The zero-order chi connectivity index (χ0) is 16.3. The molecule has 114 valence electrons. The van der Waals surface area contributed by atoms with E-state index in [1.54, 1.807) is 32.9 Å². The van der Waals surface area contributed by atoms with Crippen molar-refractivity contribution >= 4 is 28.8 Å². The summed E-state index contributed by atoms with van der Waals surface area (Å²) in [5.74, 6) is -0.895. The van der Waals surface area contributed by atoms with Crippen LogP contribution in [0.2, 0.25) is 5.02 Å². The third-order valence-electron chi connectivity index (χ3n) is 2.50. The van der Waals surface area contributed by atoms with E-state index in [1.165, 1.54) is 12.4 Å². The maximum Gasteiger partial charge on any atom is 0.256 e. The molecule has 0 bridgehead atoms. The lowest BCUT2D eigenvalue weighted by molar-refractivity contribution is 0.117. The molecule has 0 unspecified atom stereocenters. The van der Waals surface area contributed by atoms with Gasteiger partial charge in [0.15, 0.2) is 11.5 Å². The molecule has 0 radical (unpaired) electrons. The van der Waals surface area contributed by atoms with E-state index in [0.29, 0.717) is 16.4 Å². The Morgan fingerprint density at radius 2 is 2.05 bits per heavy atom. The molecule has 0 fully saturated rings. The number of halogens is 2. The third kappa shape index (κ3) is 3.83. The van der Waals surface area contributed by atoms with Gasteiger partial charge in [0.2, 0.25) is 5.82 Å². The SMILES string of the molecule is [C-]#[N+]c1ccc(Nc2ncnc(OC(C)(C)C)c2F)c(Cl)c1. The number of nitrogens with one attached hydrogen (secondary N) is 1. The van der Waals surface area contributed by atoms with Crippen molar-refractivity contribution < 1.29 is 9.13 Å². The van der Waals surface area contributed by atoms with Crippen molar-refractivity contribution in [2.75, 3.05) is 5.32 Å². The Morgan fingerprint density at radius 1 is 1.32 bits per heavy atom. The van der Waals surface area contributed by atoms with E-state index in [1.807, 2.05) is 0 Å². The molecule has 0 aliphatic rings. The van der Waals surface area contributed by atoms with Gasteiger partial charge in [-0.1, -0.05) is 17.7 Å². The Balaban J connectivity index is 2.31. The summed E-state index contributed by atoms with van der Waals surface area (Å²) in [5.41, 5.74) is 0.255. The number of anilines is 2. The minimum atomic E-state index is -0.706. The van der Waals surface area contributed by atoms with Crippen molar-refractivity contribution in [3.05, 3.63) is 46.8 Å². The molecule has 0 saturated carbocycles. The van der Waals surface area contributed by atoms with E-state index in [0.717, 1.165) is 0 Å². The molecule has 1 aromatic carbocycles. The molecule has 2 rings (SSSR count). The summed E-state index contributed by atoms with van der Waals surface area (Å²) in [7, 11) is 0. The Hall–Kier alpha value is -2.39. The number of rotatable bonds is 3. The Kier molecular flexibility index (Phi) is 4.48. The Labute approximate surface area is 132 Å². The molecule has 7 heteroatoms. The van der Waals surface area contributed by atoms with Gasteiger partial charge < -0.3 is 10.1 Å². The molecule has 1 heterocycles. The fourth-order valence-electron chi connectivity index (χ4n) is 1.60. The van der Waals surface area contributed by atoms with Gasteiger partial charge in [-0.05, 0) is 32.9 Å². The molecule has 1 N–H and O–H groups in total. The zero-order valence-corrected chi connectivity index (χ0v) is 13.1. The van der Waals surface area contributed by atoms with Gasteiger partial charge >= 0.3 is 0 Å². The van der Waals surface area contributed by atoms with E-state index in [9.17, 15) is 4.39 Å². The van der Waals surface area contributed by atoms with E-state index in [4.69, 9.17) is 22.9 Å². The second-order valence-electron chi connectivity index (χ2n) is 5.46. The van der Waals surface area contributed by atoms with Crippen LogP contribution in [0, 0.1) is 12.4 Å². The highest BCUT2D eigenvalue weighted by Gasteiger charge is 2.19. The second-order valence-corrected chi connectivity index (χ2v) is 5.86. The molecule has 0 atom stereocenters. The molecule has 5 nitrogen and oxygen atoms in total. The number of hydrogen-bond donors (Lipinski definition) is 1. The van der Waals surface area contributed by atoms with Gasteiger partial charge in [0.25, 0.3) is 5.88 Å². The molecule has 0 saturated heterocycles. The fraction of sp³-hybridized carbons (Fsp3) is 0.267. The Bertz CT molecular complexity index is 737. The highest BCUT2D eigenvalue weighted by atomic mass is 35.5. The van der Waals surface area contributed by atoms with Crippen LogP contribution in [0.25, 0.3) is 4.85 Å². The standard InChI is InChI=1S/C15H14ClFN4O/c1-15(2,3)22-14-12(17)13(19-8-20-14)21-11-6-5-9(18-4)7-10(11)16/h5-8H,1-3H3,(H,19,20,21). The van der Waals surface area contributed by atoms with Crippen molar-refractivity contribution in [1.29, 1.82) is 0 Å². The number of hydrogen-bond acceptors (Lipinski definition) is 4. The van der Waals surface area contributed by atoms with Gasteiger partial charge in [0.05, 0.1) is 17.3 Å². The highest BCUT2D eigenvalue weighted by Crippen LogP contribution is 2.31. The maximum absolute atomic E-state index is 14.4. The summed E-state index contributed by atoms with van der Waals surface area (Å²) in [6.07, 6.45) is 1.20. The average molecular weight is 321 g/mol. The van der Waals surface area contributed by atoms with Crippen LogP contribution >= 0.6 is 11.6 Å². The predicted octanol–water partition coefficient (Wildman–Crippen LogP) is 4.74. The van der Waals surface area contributed by atoms with Crippen LogP contribution in [0.1, 0.15) is 20.8 Å². The first-order valence-electron chi connectivity index (χ1n) is 6.44. The molecule has 2 aromatic rings. The van der Waals surface area contributed by atoms with E-state index >= 15 is 0 Å². The summed E-state index contributed by atoms with van der Waals surface area (Å²) in [4.78, 5) is 10.9. The van der Waals surface area contributed by atoms with E-state index in [-0.39, 0.29) is 11.7 Å². The first-order valence-corrected chi connectivity index (χ1v) is 6.81. The van der Waals surface area contributed by atoms with Crippen LogP contribution in [0.5, 0.6) is 5.88 Å². The molecule has 0 amide bonds. The topological polar surface area (TPSA) is 51.4 Å². The van der Waals surface area contributed by atoms with E-state index in [2.05, 4.69) is 20.1 Å². The number of benzene rings is 1. The molecular formula is C15H14ClFN4O. The van der Waals surface area contributed by atoms with Crippen molar-refractivity contribution in [1.82, 2.24) is 9.97 Å². The quantitative estimate of drug-likeness (QED) is 0.830. The minimum absolute atomic E-state index is 0.0493. The van der Waals surface area contributed by atoms with Gasteiger partial charge in [-0.3, -0.25) is 0 Å². The maximum atomic E-state index is 14.4. The van der Waals surface area contributed by atoms with Crippen molar-refractivity contribution in [3.8, 4) is 5.88 Å². The van der Waals surface area contributed by atoms with E-state index < -0.39 is 11.4 Å². The summed E-state index contributed by atoms with van der Waals surface area (Å²) < 4.78 is 19.8. The zero-order valence-electron chi connectivity index (χ0n) is 12.3. The van der Waals surface area contributed by atoms with Gasteiger partial charge in [-0.25, -0.2) is 9.83 Å². The summed E-state index contributed by atoms with van der Waals surface area (Å²) in [5, 5.41) is 3.07. The lowest BCUT2D eigenvalue weighted by Gasteiger charge is -2.21. The third-order valence-corrected chi connectivity index (χ3v) is 2.81. The van der Waals surface area contributed by atoms with Gasteiger partial charge in [0, 0.05) is 0 Å². The molecule has 1 aromatic heterocycles. The van der Waals surface area contributed by atoms with Crippen LogP contribution < -0.4 is 10.1 Å². The van der Waals surface area contributed by atoms with Crippen molar-refractivity contribution in [2.45, 2.75) is 26.4 Å². The van der Waals surface area contributed by atoms with Crippen LogP contribution in [-0.4, -0.2) is 15.6 Å². The first kappa shape index (κ1) is 16.0. The van der Waals surface area contributed by atoms with Crippen molar-refractivity contribution in [2.24, 2.45) is 0 Å². The average Bonchev–Trinajstić information content (AvgIpc) is 2.43. The van der Waals surface area contributed by atoms with Gasteiger partial charge in [-0.2, -0.15) is 9.37 Å². The predicted molar refractivity (Wildman–Crippen MR) is 83.4 cm³/mol. The number of nitrogens with zero attached hydrogens (tertiary/aromatic N) is 3. The molecular weight excluding hydrogens is 307 g/mol. The lowest BCUT2D eigenvalue weighted by Crippen LogP contribution is -2.24. The van der Waals surface area contributed by atoms with Crippen molar-refractivity contribution in [3.63, 3.8) is 0 Å². The number of aromatic nitrogens is 2. The summed E-state index contributed by atoms with van der Waals surface area (Å²) in [6, 6.07) is 4.65. The molecule has 0 aliphatic carbocycles. The van der Waals surface area contributed by atoms with Crippen LogP contribution in [0.4, 0.5) is 21.6 Å². The van der Waals surface area contributed by atoms with Gasteiger partial charge in [0.1, 0.15) is 11.9 Å². The summed E-state index contributed by atoms with van der Waals surface area (Å²) >= 11 is 6.05. The molecule has 22 heavy (non-hydrogen) atoms. The minimum Gasteiger partial charge on any atom is -0.470 e. The second kappa shape index (κ2) is 6.16. The fourth-order valence-corrected chi connectivity index (χ4v) is 1.83.